The highest BCUT2D eigenvalue weighted by molar-refractivity contribution is 6.02. The van der Waals surface area contributed by atoms with E-state index in [9.17, 15) is 24.0 Å². The van der Waals surface area contributed by atoms with Crippen LogP contribution in [0.4, 0.5) is 4.79 Å². The average Bonchev–Trinajstić information content (AvgIpc) is 3.58. The van der Waals surface area contributed by atoms with E-state index in [4.69, 9.17) is 21.1 Å². The number of nitrogens with one attached hydrogen (secondary N) is 1. The molecule has 2 aliphatic rings. The van der Waals surface area contributed by atoms with E-state index >= 15 is 0 Å². The number of carboxylic acids is 3. The maximum atomic E-state index is 12.1. The summed E-state index contributed by atoms with van der Waals surface area (Å²) in [5, 5.41) is 28.2. The lowest BCUT2D eigenvalue weighted by atomic mass is 10.0. The molecule has 2 aromatic carbocycles. The van der Waals surface area contributed by atoms with Gasteiger partial charge in [0.05, 0.1) is 17.2 Å². The molecule has 11 nitrogen and oxygen atoms in total. The molecular weight excluding hydrogens is 470 g/mol. The smallest absolute Gasteiger partial charge is 0.335 e. The van der Waals surface area contributed by atoms with Crippen molar-refractivity contribution < 1.29 is 39.3 Å². The number of carbonyl (C=O) groups is 5. The van der Waals surface area contributed by atoms with Crippen molar-refractivity contribution in [2.45, 2.75) is 37.8 Å². The highest BCUT2D eigenvalue weighted by atomic mass is 16.4. The Morgan fingerprint density at radius 2 is 1.39 bits per heavy atom. The molecule has 11 heteroatoms. The number of hydrogen-bond donors (Lipinski definition) is 5. The van der Waals surface area contributed by atoms with E-state index in [1.54, 1.807) is 12.1 Å². The molecular formula is C25H29N3O8. The largest absolute Gasteiger partial charge is 0.480 e. The van der Waals surface area contributed by atoms with Gasteiger partial charge in [0.15, 0.2) is 5.78 Å². The maximum Gasteiger partial charge on any atom is 0.335 e. The zero-order valence-corrected chi connectivity index (χ0v) is 19.5. The van der Waals surface area contributed by atoms with Crippen LogP contribution in [0.5, 0.6) is 0 Å². The summed E-state index contributed by atoms with van der Waals surface area (Å²) in [5.41, 5.74) is 5.84. The summed E-state index contributed by atoms with van der Waals surface area (Å²) in [5.74, 6) is -2.99. The summed E-state index contributed by atoms with van der Waals surface area (Å²) in [4.78, 5) is 55.6. The third-order valence-corrected chi connectivity index (χ3v) is 5.61. The average molecular weight is 500 g/mol. The lowest BCUT2D eigenvalue weighted by Gasteiger charge is -2.21. The van der Waals surface area contributed by atoms with Crippen molar-refractivity contribution in [2.75, 3.05) is 13.1 Å². The van der Waals surface area contributed by atoms with Gasteiger partial charge in [0.1, 0.15) is 6.04 Å². The molecule has 2 atom stereocenters. The normalized spacial score (nSPS) is 18.2. The lowest BCUT2D eigenvalue weighted by molar-refractivity contribution is -0.139. The zero-order valence-electron chi connectivity index (χ0n) is 19.5. The van der Waals surface area contributed by atoms with Crippen LogP contribution < -0.4 is 11.1 Å². The predicted octanol–water partition coefficient (Wildman–Crippen LogP) is 2.32. The number of aromatic carboxylic acids is 2. The molecule has 0 bridgehead atoms. The second kappa shape index (κ2) is 13.6. The third kappa shape index (κ3) is 8.20. The first-order chi connectivity index (χ1) is 17.1. The van der Waals surface area contributed by atoms with E-state index in [1.807, 2.05) is 18.2 Å². The maximum absolute atomic E-state index is 12.1. The fourth-order valence-electron chi connectivity index (χ4n) is 3.78. The van der Waals surface area contributed by atoms with E-state index in [1.165, 1.54) is 23.1 Å². The zero-order chi connectivity index (χ0) is 26.7. The minimum absolute atomic E-state index is 0.0168. The number of amides is 2. The summed E-state index contributed by atoms with van der Waals surface area (Å²) in [6.07, 6.45) is 3.33. The minimum Gasteiger partial charge on any atom is -0.480 e. The van der Waals surface area contributed by atoms with Crippen LogP contribution in [0, 0.1) is 0 Å². The Bertz CT molecular complexity index is 1050. The number of ketones is 1. The molecule has 4 rings (SSSR count). The second-order valence-corrected chi connectivity index (χ2v) is 8.10. The number of nitrogens with two attached hydrogens (primary N) is 1. The number of hydrogen-bond acceptors (Lipinski definition) is 6. The van der Waals surface area contributed by atoms with Crippen LogP contribution in [-0.2, 0) is 4.79 Å². The molecule has 2 amide bonds. The number of carboxylic acid groups (broad SMARTS) is 3. The summed E-state index contributed by atoms with van der Waals surface area (Å²) in [7, 11) is 0. The van der Waals surface area contributed by atoms with Crippen molar-refractivity contribution in [1.82, 2.24) is 10.2 Å². The van der Waals surface area contributed by atoms with E-state index in [0.29, 0.717) is 18.5 Å². The fraction of sp³-hybridized carbons (Fsp3) is 0.320. The summed E-state index contributed by atoms with van der Waals surface area (Å²) < 4.78 is 0. The third-order valence-electron chi connectivity index (χ3n) is 5.61. The number of likely N-dealkylation sites (tertiary alicyclic amines) is 1. The van der Waals surface area contributed by atoms with Gasteiger partial charge in [-0.25, -0.2) is 14.4 Å². The molecule has 0 aliphatic carbocycles. The highest BCUT2D eigenvalue weighted by Gasteiger charge is 2.33. The van der Waals surface area contributed by atoms with E-state index in [-0.39, 0.29) is 29.0 Å². The minimum atomic E-state index is -1.13. The van der Waals surface area contributed by atoms with Crippen molar-refractivity contribution >= 4 is 29.7 Å². The van der Waals surface area contributed by atoms with Gasteiger partial charge in [0, 0.05) is 12.1 Å². The van der Waals surface area contributed by atoms with E-state index in [0.717, 1.165) is 31.9 Å². The topological polar surface area (TPSA) is 187 Å². The number of rotatable bonds is 5. The molecule has 0 saturated carbocycles. The summed E-state index contributed by atoms with van der Waals surface area (Å²) in [6.45, 7) is 1.44. The van der Waals surface area contributed by atoms with Crippen molar-refractivity contribution in [1.29, 1.82) is 0 Å². The van der Waals surface area contributed by atoms with Crippen molar-refractivity contribution in [3.05, 3.63) is 71.3 Å². The molecule has 2 aromatic rings. The Morgan fingerprint density at radius 1 is 0.806 bits per heavy atom. The van der Waals surface area contributed by atoms with Crippen molar-refractivity contribution in [3.63, 3.8) is 0 Å². The molecule has 36 heavy (non-hydrogen) atoms. The molecule has 0 radical (unpaired) electrons. The van der Waals surface area contributed by atoms with Gasteiger partial charge in [-0.05, 0) is 50.4 Å². The monoisotopic (exact) mass is 499 g/mol. The van der Waals surface area contributed by atoms with Crippen LogP contribution in [0.3, 0.4) is 0 Å². The van der Waals surface area contributed by atoms with Crippen LogP contribution in [0.15, 0.2) is 54.6 Å². The Morgan fingerprint density at radius 3 is 1.83 bits per heavy atom. The number of nitrogens with zero attached hydrogens (tertiary/aromatic N) is 1. The molecule has 2 saturated heterocycles. The molecule has 0 aromatic heterocycles. The van der Waals surface area contributed by atoms with Gasteiger partial charge >= 0.3 is 23.9 Å². The van der Waals surface area contributed by atoms with Gasteiger partial charge in [-0.3, -0.25) is 9.59 Å². The number of aliphatic carboxylic acids is 1. The van der Waals surface area contributed by atoms with E-state index in [2.05, 4.69) is 5.32 Å². The van der Waals surface area contributed by atoms with Crippen LogP contribution in [0.1, 0.15) is 56.8 Å². The van der Waals surface area contributed by atoms with Gasteiger partial charge in [0.2, 0.25) is 0 Å². The van der Waals surface area contributed by atoms with E-state index < -0.39 is 23.9 Å². The Balaban J connectivity index is 0.000000202. The molecule has 1 unspecified atom stereocenters. The first kappa shape index (κ1) is 28.0. The van der Waals surface area contributed by atoms with Gasteiger partial charge < -0.3 is 31.3 Å². The molecule has 0 spiro atoms. The standard InChI is InChI=1S/C12H14N2O2.C8H6O4.C5H9NO2/c13-12(16)14-8-4-7-10(14)11(15)9-5-2-1-3-6-9;9-7(10)5-2-1-3-6(4-5)8(11)12;7-5(8)4-2-1-3-6-4/h1-3,5-6,10H,4,7-8H2,(H2,13,16);1-4H,(H,9,10)(H,11,12);4,6H,1-3H2,(H,7,8)/t;;4-/m..0/s1. The number of primary amides is 1. The summed E-state index contributed by atoms with van der Waals surface area (Å²) in [6, 6.07) is 13.1. The lowest BCUT2D eigenvalue weighted by Crippen LogP contribution is -2.43. The van der Waals surface area contributed by atoms with Crippen LogP contribution in [0.2, 0.25) is 0 Å². The Kier molecular flexibility index (Phi) is 10.6. The van der Waals surface area contributed by atoms with Crippen LogP contribution in [-0.4, -0.2) is 75.1 Å². The van der Waals surface area contributed by atoms with Gasteiger partial charge in [-0.1, -0.05) is 36.4 Å². The predicted molar refractivity (Wildman–Crippen MR) is 129 cm³/mol. The first-order valence-electron chi connectivity index (χ1n) is 11.3. The van der Waals surface area contributed by atoms with Crippen LogP contribution >= 0.6 is 0 Å². The van der Waals surface area contributed by atoms with Gasteiger partial charge in [0.25, 0.3) is 0 Å². The first-order valence-corrected chi connectivity index (χ1v) is 11.3. The quantitative estimate of drug-likeness (QED) is 0.385. The molecule has 6 N–H and O–H groups in total. The Labute approximate surface area is 207 Å². The molecule has 2 aliphatic heterocycles. The Hall–Kier alpha value is -4.25. The number of benzene rings is 2. The number of Topliss-reactive ketones (excluding diaryl/α,β-unsaturated/α-hetero) is 1. The molecule has 2 heterocycles. The van der Waals surface area contributed by atoms with Crippen molar-refractivity contribution in [2.24, 2.45) is 5.73 Å². The van der Waals surface area contributed by atoms with Gasteiger partial charge in [-0.15, -0.1) is 0 Å². The fourth-order valence-corrected chi connectivity index (χ4v) is 3.78. The molecule has 2 fully saturated rings. The van der Waals surface area contributed by atoms with Crippen LogP contribution in [0.25, 0.3) is 0 Å². The highest BCUT2D eigenvalue weighted by Crippen LogP contribution is 2.20. The summed E-state index contributed by atoms with van der Waals surface area (Å²) >= 11 is 0. The number of carbonyl (C=O) groups excluding carboxylic acids is 2. The second-order valence-electron chi connectivity index (χ2n) is 8.10. The SMILES string of the molecule is NC(=O)N1CCCC1C(=O)c1ccccc1.O=C(O)[C@@H]1CCCN1.O=C(O)c1cccc(C(=O)O)c1. The molecule has 192 valence electrons. The van der Waals surface area contributed by atoms with Gasteiger partial charge in [-0.2, -0.15) is 0 Å². The number of urea groups is 1. The van der Waals surface area contributed by atoms with Crippen molar-refractivity contribution in [3.8, 4) is 0 Å².